The van der Waals surface area contributed by atoms with E-state index in [-0.39, 0.29) is 72.5 Å². The summed E-state index contributed by atoms with van der Waals surface area (Å²) in [5, 5.41) is 20.3. The van der Waals surface area contributed by atoms with Gasteiger partial charge in [-0.25, -0.2) is 18.4 Å². The minimum atomic E-state index is -6.11. The van der Waals surface area contributed by atoms with E-state index < -0.39 is 45.7 Å². The number of halogens is 6. The summed E-state index contributed by atoms with van der Waals surface area (Å²) in [7, 11) is -4.03. The molecule has 3 fully saturated rings. The van der Waals surface area contributed by atoms with Gasteiger partial charge in [0.2, 0.25) is 5.95 Å². The summed E-state index contributed by atoms with van der Waals surface area (Å²) in [5.74, 6) is -0.294. The number of hydrogen-bond donors (Lipinski definition) is 3. The van der Waals surface area contributed by atoms with Crippen LogP contribution in [0, 0.1) is 0 Å². The highest BCUT2D eigenvalue weighted by Gasteiger charge is 2.71. The van der Waals surface area contributed by atoms with Crippen LogP contribution in [0.2, 0.25) is 0 Å². The number of nitrogens with zero attached hydrogens (tertiary/aromatic N) is 5. The molecule has 3 saturated heterocycles. The van der Waals surface area contributed by atoms with Crippen molar-refractivity contribution in [2.24, 2.45) is 0 Å². The van der Waals surface area contributed by atoms with Crippen LogP contribution in [0.1, 0.15) is 18.4 Å². The van der Waals surface area contributed by atoms with Crippen molar-refractivity contribution < 1.29 is 49.7 Å². The van der Waals surface area contributed by atoms with Crippen LogP contribution < -0.4 is 10.6 Å². The Morgan fingerprint density at radius 3 is 2.14 bits per heavy atom. The molecule has 2 aromatic heterocycles. The second kappa shape index (κ2) is 11.0. The average molecular weight is 659 g/mol. The zero-order valence-corrected chi connectivity index (χ0v) is 23.9. The number of piperidine rings is 1. The smallest absolute Gasteiger partial charge is 0.393 e. The number of ether oxygens (including phenoxy) is 1. The van der Waals surface area contributed by atoms with Gasteiger partial charge in [-0.15, -0.1) is 11.3 Å². The van der Waals surface area contributed by atoms with E-state index in [9.17, 15) is 45.0 Å². The van der Waals surface area contributed by atoms with Gasteiger partial charge in [0.15, 0.2) is 0 Å². The summed E-state index contributed by atoms with van der Waals surface area (Å²) >= 11 is 0.870. The van der Waals surface area contributed by atoms with Gasteiger partial charge in [-0.1, -0.05) is 6.58 Å². The van der Waals surface area contributed by atoms with Crippen molar-refractivity contribution in [1.29, 1.82) is 0 Å². The van der Waals surface area contributed by atoms with Crippen LogP contribution in [0.15, 0.2) is 41.0 Å². The number of rotatable bonds is 6. The Labute approximate surface area is 246 Å². The number of aromatic nitrogens is 2. The lowest BCUT2D eigenvalue weighted by molar-refractivity contribution is -0.376. The molecule has 2 bridgehead atoms. The number of fused-ring (bicyclic) bond motifs is 2. The second-order valence-electron chi connectivity index (χ2n) is 10.6. The van der Waals surface area contributed by atoms with Crippen LogP contribution in [0.4, 0.5) is 37.3 Å². The maximum absolute atomic E-state index is 13.5. The third-order valence-corrected chi connectivity index (χ3v) is 11.1. The van der Waals surface area contributed by atoms with Crippen LogP contribution in [0.25, 0.3) is 0 Å². The van der Waals surface area contributed by atoms with E-state index in [2.05, 4.69) is 16.5 Å². The molecule has 3 aliphatic heterocycles. The lowest BCUT2D eigenvalue weighted by atomic mass is 9.90. The van der Waals surface area contributed by atoms with Crippen molar-refractivity contribution in [2.45, 2.75) is 59.2 Å². The number of thiophene rings is 1. The molecule has 0 spiro atoms. The van der Waals surface area contributed by atoms with Crippen molar-refractivity contribution in [3.05, 3.63) is 42.4 Å². The molecule has 238 valence electrons. The Morgan fingerprint density at radius 1 is 1.05 bits per heavy atom. The van der Waals surface area contributed by atoms with Gasteiger partial charge < -0.3 is 30.5 Å². The number of hydrogen-bond acceptors (Lipinski definition) is 11. The molecule has 2 aromatic rings. The Hall–Kier alpha value is -2.71. The molecule has 5 rings (SSSR count). The molecule has 11 nitrogen and oxygen atoms in total. The quantitative estimate of drug-likeness (QED) is 0.395. The van der Waals surface area contributed by atoms with Gasteiger partial charge in [0.25, 0.3) is 15.6 Å². The fourth-order valence-corrected chi connectivity index (χ4v) is 8.46. The lowest BCUT2D eigenvalue weighted by Crippen LogP contribution is -2.63. The fourth-order valence-electron chi connectivity index (χ4n) is 5.77. The van der Waals surface area contributed by atoms with Crippen molar-refractivity contribution in [1.82, 2.24) is 19.2 Å². The summed E-state index contributed by atoms with van der Waals surface area (Å²) in [6.07, 6.45) is -11.6. The van der Waals surface area contributed by atoms with E-state index in [4.69, 9.17) is 10.5 Å². The molecule has 0 saturated carbocycles. The lowest BCUT2D eigenvalue weighted by Gasteiger charge is -2.53. The largest absolute Gasteiger partial charge is 0.430 e. The van der Waals surface area contributed by atoms with Crippen LogP contribution in [0.5, 0.6) is 0 Å². The van der Waals surface area contributed by atoms with Crippen LogP contribution in [0.3, 0.4) is 0 Å². The minimum Gasteiger partial charge on any atom is -0.393 e. The average Bonchev–Trinajstić information content (AvgIpc) is 3.37. The normalized spacial score (nSPS) is 26.0. The van der Waals surface area contributed by atoms with Crippen molar-refractivity contribution in [3.8, 4) is 0 Å². The SMILES string of the molecule is C=C(C1CN(S(=O)(=O)c2ccc(N)s2)CCN1c1ncc(C(O)(C(F)(F)F)C(F)(F)F)cn1)N1C2COCC1CC(O)C2. The first-order valence-electron chi connectivity index (χ1n) is 13.0. The molecule has 0 amide bonds. The second-order valence-corrected chi connectivity index (χ2v) is 13.9. The number of aliphatic hydroxyl groups is 2. The highest BCUT2D eigenvalue weighted by Crippen LogP contribution is 2.50. The topological polar surface area (TPSA) is 145 Å². The van der Waals surface area contributed by atoms with Gasteiger partial charge in [-0.2, -0.15) is 30.6 Å². The Bertz CT molecular complexity index is 1430. The van der Waals surface area contributed by atoms with Crippen molar-refractivity contribution >= 4 is 32.3 Å². The first-order valence-corrected chi connectivity index (χ1v) is 15.2. The third kappa shape index (κ3) is 5.54. The Kier molecular flexibility index (Phi) is 8.13. The molecule has 19 heteroatoms. The summed E-state index contributed by atoms with van der Waals surface area (Å²) in [6, 6.07) is 1.29. The fraction of sp³-hybridized carbons (Fsp3) is 0.583. The summed E-state index contributed by atoms with van der Waals surface area (Å²) < 4.78 is 114. The summed E-state index contributed by atoms with van der Waals surface area (Å²) in [6.45, 7) is 4.29. The van der Waals surface area contributed by atoms with Crippen molar-refractivity contribution in [2.75, 3.05) is 43.5 Å². The van der Waals surface area contributed by atoms with Gasteiger partial charge in [0.05, 0.1) is 42.4 Å². The maximum Gasteiger partial charge on any atom is 0.430 e. The number of nitrogen functional groups attached to an aromatic ring is 1. The number of alkyl halides is 6. The van der Waals surface area contributed by atoms with E-state index >= 15 is 0 Å². The maximum atomic E-state index is 13.5. The molecule has 0 aliphatic carbocycles. The molecular weight excluding hydrogens is 630 g/mol. The van der Waals surface area contributed by atoms with E-state index in [0.717, 1.165) is 11.3 Å². The third-order valence-electron chi connectivity index (χ3n) is 7.88. The number of piperazine rings is 1. The minimum absolute atomic E-state index is 0.00614. The zero-order valence-electron chi connectivity index (χ0n) is 22.3. The number of anilines is 2. The number of sulfonamides is 1. The van der Waals surface area contributed by atoms with Crippen LogP contribution in [-0.4, -0.2) is 107 Å². The van der Waals surface area contributed by atoms with Crippen LogP contribution in [-0.2, 0) is 20.4 Å². The van der Waals surface area contributed by atoms with Gasteiger partial charge >= 0.3 is 12.4 Å². The van der Waals surface area contributed by atoms with Gasteiger partial charge in [-0.05, 0) is 25.0 Å². The Morgan fingerprint density at radius 2 is 1.63 bits per heavy atom. The van der Waals surface area contributed by atoms with Gasteiger partial charge in [-0.3, -0.25) is 0 Å². The van der Waals surface area contributed by atoms with E-state index in [1.165, 1.54) is 21.3 Å². The molecular formula is C24H28F6N6O5S2. The molecule has 43 heavy (non-hydrogen) atoms. The van der Waals surface area contributed by atoms with Crippen molar-refractivity contribution in [3.63, 3.8) is 0 Å². The number of aliphatic hydroxyl groups excluding tert-OH is 1. The molecule has 3 atom stereocenters. The van der Waals surface area contributed by atoms with E-state index in [0.29, 0.717) is 18.5 Å². The first kappa shape index (κ1) is 31.7. The molecule has 0 radical (unpaired) electrons. The summed E-state index contributed by atoms with van der Waals surface area (Å²) in [5.41, 5.74) is -0.702. The van der Waals surface area contributed by atoms with Gasteiger partial charge in [0.1, 0.15) is 4.21 Å². The molecule has 5 heterocycles. The Balaban J connectivity index is 1.50. The van der Waals surface area contributed by atoms with Crippen LogP contribution >= 0.6 is 11.3 Å². The number of morpholine rings is 1. The highest BCUT2D eigenvalue weighted by molar-refractivity contribution is 7.91. The summed E-state index contributed by atoms with van der Waals surface area (Å²) in [4.78, 5) is 10.9. The van der Waals surface area contributed by atoms with E-state index in [1.807, 2.05) is 4.90 Å². The van der Waals surface area contributed by atoms with E-state index in [1.54, 1.807) is 0 Å². The molecule has 0 aromatic carbocycles. The number of nitrogens with two attached hydrogens (primary N) is 1. The molecule has 3 unspecified atom stereocenters. The predicted molar refractivity (Wildman–Crippen MR) is 141 cm³/mol. The highest BCUT2D eigenvalue weighted by atomic mass is 32.2. The first-order chi connectivity index (χ1) is 19.9. The molecule has 4 N–H and O–H groups in total. The monoisotopic (exact) mass is 658 g/mol. The van der Waals surface area contributed by atoms with Gasteiger partial charge in [0, 0.05) is 43.3 Å². The predicted octanol–water partition coefficient (Wildman–Crippen LogP) is 2.05. The molecule has 3 aliphatic rings. The standard InChI is InChI=1S/C24H28F6N6O5S2/c1-13(36-15-6-17(37)7-16(36)12-41-11-15)18-10-34(43(39,40)20-3-2-19(31)42-20)4-5-35(18)21-32-8-14(9-33-21)22(38,23(25,26)27)24(28,29)30/h2-3,8-9,15-18,37-38H,1,4-7,10-12,31H2. The zero-order chi connectivity index (χ0) is 31.5.